The number of carbonyl (C=O) groups is 1. The molecule has 0 amide bonds. The molecule has 7 heteroatoms. The highest BCUT2D eigenvalue weighted by Gasteiger charge is 2.12. The number of benzene rings is 2. The monoisotopic (exact) mass is 365 g/mol. The van der Waals surface area contributed by atoms with E-state index in [2.05, 4.69) is 15.1 Å². The number of rotatable bonds is 6. The number of halogens is 1. The molecule has 2 aromatic heterocycles. The van der Waals surface area contributed by atoms with E-state index in [-0.39, 0.29) is 30.7 Å². The van der Waals surface area contributed by atoms with Crippen molar-refractivity contribution >= 4 is 16.9 Å². The Labute approximate surface area is 154 Å². The normalized spacial score (nSPS) is 11.0. The number of aromatic nitrogens is 3. The number of hydrogen-bond donors (Lipinski definition) is 1. The van der Waals surface area contributed by atoms with E-state index in [1.807, 2.05) is 30.5 Å². The van der Waals surface area contributed by atoms with Gasteiger partial charge in [0.1, 0.15) is 5.82 Å². The largest absolute Gasteiger partial charge is 0.456 e. The Morgan fingerprint density at radius 1 is 1.15 bits per heavy atom. The lowest BCUT2D eigenvalue weighted by atomic mass is 10.1. The average molecular weight is 365 g/mol. The van der Waals surface area contributed by atoms with Crippen molar-refractivity contribution in [3.8, 4) is 11.4 Å². The molecule has 0 unspecified atom stereocenters. The zero-order valence-electron chi connectivity index (χ0n) is 14.3. The van der Waals surface area contributed by atoms with Crippen molar-refractivity contribution in [1.29, 1.82) is 0 Å². The third kappa shape index (κ3) is 3.87. The van der Waals surface area contributed by atoms with Gasteiger partial charge in [0.2, 0.25) is 5.82 Å². The molecule has 6 nitrogen and oxygen atoms in total. The number of ether oxygens (including phenoxy) is 1. The number of hydrogen-bond acceptors (Lipinski definition) is 5. The second-order valence-electron chi connectivity index (χ2n) is 6.04. The van der Waals surface area contributed by atoms with Crippen LogP contribution in [-0.2, 0) is 22.6 Å². The van der Waals surface area contributed by atoms with Crippen LogP contribution in [0.25, 0.3) is 22.3 Å². The number of aryl methyl sites for hydroxylation is 1. The van der Waals surface area contributed by atoms with Gasteiger partial charge in [0.25, 0.3) is 5.89 Å². The Morgan fingerprint density at radius 3 is 2.81 bits per heavy atom. The first kappa shape index (κ1) is 17.0. The zero-order valence-corrected chi connectivity index (χ0v) is 14.3. The maximum atomic E-state index is 13.0. The molecule has 0 fully saturated rings. The van der Waals surface area contributed by atoms with E-state index in [1.165, 1.54) is 12.1 Å². The van der Waals surface area contributed by atoms with Crippen LogP contribution in [0.1, 0.15) is 17.9 Å². The maximum Gasteiger partial charge on any atom is 0.306 e. The van der Waals surface area contributed by atoms with Crippen molar-refractivity contribution in [2.45, 2.75) is 19.4 Å². The summed E-state index contributed by atoms with van der Waals surface area (Å²) < 4.78 is 23.2. The van der Waals surface area contributed by atoms with Crippen LogP contribution >= 0.6 is 0 Å². The molecule has 0 radical (unpaired) electrons. The Kier molecular flexibility index (Phi) is 4.65. The summed E-state index contributed by atoms with van der Waals surface area (Å²) >= 11 is 0. The van der Waals surface area contributed by atoms with E-state index >= 15 is 0 Å². The second kappa shape index (κ2) is 7.41. The molecule has 136 valence electrons. The van der Waals surface area contributed by atoms with E-state index in [4.69, 9.17) is 9.26 Å². The van der Waals surface area contributed by atoms with E-state index in [9.17, 15) is 9.18 Å². The summed E-state index contributed by atoms with van der Waals surface area (Å²) in [6.07, 6.45) is 2.74. The summed E-state index contributed by atoms with van der Waals surface area (Å²) in [4.78, 5) is 19.3. The van der Waals surface area contributed by atoms with Crippen LogP contribution in [-0.4, -0.2) is 21.1 Å². The SMILES string of the molecule is O=C(CCc1c[nH]c2ccccc12)OCc1nc(-c2ccc(F)cc2)no1. The Bertz CT molecular complexity index is 1070. The summed E-state index contributed by atoms with van der Waals surface area (Å²) in [7, 11) is 0. The topological polar surface area (TPSA) is 81.0 Å². The first-order valence-electron chi connectivity index (χ1n) is 8.48. The van der Waals surface area contributed by atoms with Crippen molar-refractivity contribution in [1.82, 2.24) is 15.1 Å². The summed E-state index contributed by atoms with van der Waals surface area (Å²) in [5.41, 5.74) is 2.73. The minimum atomic E-state index is -0.346. The third-order valence-electron chi connectivity index (χ3n) is 4.20. The lowest BCUT2D eigenvalue weighted by molar-refractivity contribution is -0.145. The Morgan fingerprint density at radius 2 is 1.96 bits per heavy atom. The first-order valence-corrected chi connectivity index (χ1v) is 8.48. The predicted octanol–water partition coefficient (Wildman–Crippen LogP) is 4.03. The second-order valence-corrected chi connectivity index (χ2v) is 6.04. The Balaban J connectivity index is 1.31. The van der Waals surface area contributed by atoms with Gasteiger partial charge >= 0.3 is 5.97 Å². The first-order chi connectivity index (χ1) is 13.2. The number of nitrogens with zero attached hydrogens (tertiary/aromatic N) is 2. The average Bonchev–Trinajstić information content (AvgIpc) is 3.32. The summed E-state index contributed by atoms with van der Waals surface area (Å²) in [6.45, 7) is -0.0963. The van der Waals surface area contributed by atoms with Crippen molar-refractivity contribution in [2.24, 2.45) is 0 Å². The quantitative estimate of drug-likeness (QED) is 0.522. The smallest absolute Gasteiger partial charge is 0.306 e. The van der Waals surface area contributed by atoms with E-state index < -0.39 is 0 Å². The number of aromatic amines is 1. The molecule has 0 aliphatic carbocycles. The fourth-order valence-electron chi connectivity index (χ4n) is 2.82. The van der Waals surface area contributed by atoms with Gasteiger partial charge < -0.3 is 14.2 Å². The van der Waals surface area contributed by atoms with Crippen LogP contribution in [0, 0.1) is 5.82 Å². The van der Waals surface area contributed by atoms with Gasteiger partial charge in [0.15, 0.2) is 6.61 Å². The van der Waals surface area contributed by atoms with Gasteiger partial charge in [-0.3, -0.25) is 4.79 Å². The van der Waals surface area contributed by atoms with Gasteiger partial charge in [0, 0.05) is 29.1 Å². The highest BCUT2D eigenvalue weighted by Crippen LogP contribution is 2.19. The van der Waals surface area contributed by atoms with Crippen LogP contribution < -0.4 is 0 Å². The lowest BCUT2D eigenvalue weighted by Crippen LogP contribution is -2.06. The highest BCUT2D eigenvalue weighted by molar-refractivity contribution is 5.83. The molecule has 0 bridgehead atoms. The molecule has 0 atom stereocenters. The van der Waals surface area contributed by atoms with E-state index in [1.54, 1.807) is 12.1 Å². The number of nitrogens with one attached hydrogen (secondary N) is 1. The van der Waals surface area contributed by atoms with Crippen LogP contribution in [0.5, 0.6) is 0 Å². The molecular weight excluding hydrogens is 349 g/mol. The fourth-order valence-corrected chi connectivity index (χ4v) is 2.82. The standard InChI is InChI=1S/C20H16FN3O3/c21-15-8-5-13(6-9-15)20-23-18(27-24-20)12-26-19(25)10-7-14-11-22-17-4-2-1-3-16(14)17/h1-6,8-9,11,22H,7,10,12H2. The van der Waals surface area contributed by atoms with Crippen molar-refractivity contribution in [3.63, 3.8) is 0 Å². The van der Waals surface area contributed by atoms with Crippen molar-refractivity contribution < 1.29 is 18.4 Å². The molecule has 0 saturated heterocycles. The van der Waals surface area contributed by atoms with E-state index in [0.29, 0.717) is 17.8 Å². The number of H-pyrrole nitrogens is 1. The maximum absolute atomic E-state index is 13.0. The molecular formula is C20H16FN3O3. The minimum absolute atomic E-state index is 0.0963. The lowest BCUT2D eigenvalue weighted by Gasteiger charge is -2.01. The number of fused-ring (bicyclic) bond motifs is 1. The molecule has 4 aromatic rings. The molecule has 4 rings (SSSR count). The number of esters is 1. The van der Waals surface area contributed by atoms with Crippen LogP contribution in [0.3, 0.4) is 0 Å². The van der Waals surface area contributed by atoms with Gasteiger partial charge in [0.05, 0.1) is 0 Å². The summed E-state index contributed by atoms with van der Waals surface area (Å²) in [5, 5.41) is 4.91. The molecule has 0 saturated carbocycles. The highest BCUT2D eigenvalue weighted by atomic mass is 19.1. The fraction of sp³-hybridized carbons (Fsp3) is 0.150. The van der Waals surface area contributed by atoms with Crippen molar-refractivity contribution in [3.05, 3.63) is 72.0 Å². The number of para-hydroxylation sites is 1. The van der Waals surface area contributed by atoms with Crippen LogP contribution in [0.2, 0.25) is 0 Å². The molecule has 1 N–H and O–H groups in total. The summed E-state index contributed by atoms with van der Waals surface area (Å²) in [5.74, 6) is -0.178. The predicted molar refractivity (Wildman–Crippen MR) is 96.1 cm³/mol. The summed E-state index contributed by atoms with van der Waals surface area (Å²) in [6, 6.07) is 13.7. The zero-order chi connectivity index (χ0) is 18.6. The van der Waals surface area contributed by atoms with Gasteiger partial charge in [-0.15, -0.1) is 0 Å². The van der Waals surface area contributed by atoms with Gasteiger partial charge in [-0.05, 0) is 42.3 Å². The van der Waals surface area contributed by atoms with Gasteiger partial charge in [-0.2, -0.15) is 4.98 Å². The third-order valence-corrected chi connectivity index (χ3v) is 4.20. The molecule has 0 spiro atoms. The molecule has 2 aromatic carbocycles. The van der Waals surface area contributed by atoms with Crippen molar-refractivity contribution in [2.75, 3.05) is 0 Å². The van der Waals surface area contributed by atoms with Crippen LogP contribution in [0.4, 0.5) is 4.39 Å². The van der Waals surface area contributed by atoms with Crippen LogP contribution in [0.15, 0.2) is 59.3 Å². The van der Waals surface area contributed by atoms with Gasteiger partial charge in [-0.25, -0.2) is 4.39 Å². The number of carbonyl (C=O) groups excluding carboxylic acids is 1. The molecule has 2 heterocycles. The van der Waals surface area contributed by atoms with Gasteiger partial charge in [-0.1, -0.05) is 23.4 Å². The minimum Gasteiger partial charge on any atom is -0.456 e. The molecule has 0 aliphatic heterocycles. The van der Waals surface area contributed by atoms with E-state index in [0.717, 1.165) is 16.5 Å². The molecule has 0 aliphatic rings. The molecule has 27 heavy (non-hydrogen) atoms. The Hall–Kier alpha value is -3.48.